The van der Waals surface area contributed by atoms with Gasteiger partial charge in [0.1, 0.15) is 12.4 Å². The van der Waals surface area contributed by atoms with E-state index in [9.17, 15) is 27.6 Å². The van der Waals surface area contributed by atoms with Crippen LogP contribution < -0.4 is 16.0 Å². The summed E-state index contributed by atoms with van der Waals surface area (Å²) >= 11 is 0. The number of nitrogens with two attached hydrogens (primary N) is 1. The first-order valence-corrected chi connectivity index (χ1v) is 9.59. The van der Waals surface area contributed by atoms with Crippen LogP contribution in [-0.2, 0) is 19.1 Å². The van der Waals surface area contributed by atoms with E-state index in [-0.39, 0.29) is 30.8 Å². The zero-order valence-electron chi connectivity index (χ0n) is 16.2. The van der Waals surface area contributed by atoms with Crippen LogP contribution in [0.1, 0.15) is 19.3 Å². The van der Waals surface area contributed by atoms with Gasteiger partial charge in [0.05, 0.1) is 18.8 Å². The number of hydrogen-bond donors (Lipinski definition) is 2. The van der Waals surface area contributed by atoms with Gasteiger partial charge in [0.2, 0.25) is 5.91 Å². The van der Waals surface area contributed by atoms with Crippen LogP contribution in [-0.4, -0.2) is 67.4 Å². The molecule has 0 bridgehead atoms. The summed E-state index contributed by atoms with van der Waals surface area (Å²) < 4.78 is 45.6. The molecule has 1 atom stereocenters. The summed E-state index contributed by atoms with van der Waals surface area (Å²) in [4.78, 5) is 38.9. The van der Waals surface area contributed by atoms with Crippen molar-refractivity contribution in [3.63, 3.8) is 0 Å². The first-order chi connectivity index (χ1) is 14.3. The maximum Gasteiger partial charge on any atom is 0.253 e. The summed E-state index contributed by atoms with van der Waals surface area (Å²) in [6, 6.07) is 1.74. The minimum Gasteiger partial charge on any atom is -0.370 e. The van der Waals surface area contributed by atoms with Crippen molar-refractivity contribution in [1.29, 1.82) is 0 Å². The van der Waals surface area contributed by atoms with E-state index < -0.39 is 36.6 Å². The molecule has 1 aliphatic carbocycles. The Labute approximate surface area is 171 Å². The summed E-state index contributed by atoms with van der Waals surface area (Å²) in [6.45, 7) is -0.321. The molecule has 11 heteroatoms. The number of amides is 3. The summed E-state index contributed by atoms with van der Waals surface area (Å²) in [5.74, 6) is -3.23. The molecule has 30 heavy (non-hydrogen) atoms. The van der Waals surface area contributed by atoms with E-state index in [1.54, 1.807) is 0 Å². The molecule has 8 nitrogen and oxygen atoms in total. The quantitative estimate of drug-likeness (QED) is 0.604. The molecule has 2 aliphatic rings. The number of carbonyl (C=O) groups excluding carboxylic acids is 3. The van der Waals surface area contributed by atoms with Gasteiger partial charge in [-0.25, -0.2) is 13.2 Å². The Morgan fingerprint density at radius 2 is 2.07 bits per heavy atom. The highest BCUT2D eigenvalue weighted by atomic mass is 19.3. The third-order valence-corrected chi connectivity index (χ3v) is 5.25. The van der Waals surface area contributed by atoms with Crippen LogP contribution in [0.2, 0.25) is 0 Å². The number of rotatable bonds is 8. The zero-order chi connectivity index (χ0) is 21.8. The highest BCUT2D eigenvalue weighted by Crippen LogP contribution is 2.28. The number of primary amides is 1. The van der Waals surface area contributed by atoms with Gasteiger partial charge in [-0.05, 0) is 31.0 Å². The molecule has 1 saturated heterocycles. The second-order valence-corrected chi connectivity index (χ2v) is 7.23. The standard InChI is InChI=1S/C19H23F3N4O4/c20-13-8-12(25-6-7-30-10-16(25)27)4-5-14(13)24-19(29)17(18(23)28)26(9-15(21)22)11-2-1-3-11/h4-5,8,11,15,17H,1-3,6-7,9-10H2,(H2,23,28)(H,24,29)/t17-/m1/s1. The van der Waals surface area contributed by atoms with E-state index in [4.69, 9.17) is 10.5 Å². The fraction of sp³-hybridized carbons (Fsp3) is 0.526. The lowest BCUT2D eigenvalue weighted by Crippen LogP contribution is -2.58. The van der Waals surface area contributed by atoms with Crippen LogP contribution >= 0.6 is 0 Å². The number of carbonyl (C=O) groups is 3. The predicted octanol–water partition coefficient (Wildman–Crippen LogP) is 1.10. The molecule has 1 saturated carbocycles. The molecule has 3 amide bonds. The second kappa shape index (κ2) is 9.43. The van der Waals surface area contributed by atoms with E-state index >= 15 is 0 Å². The van der Waals surface area contributed by atoms with Crippen LogP contribution in [0.15, 0.2) is 18.2 Å². The maximum absolute atomic E-state index is 14.6. The number of nitrogens with one attached hydrogen (secondary N) is 1. The molecule has 1 heterocycles. The van der Waals surface area contributed by atoms with Gasteiger partial charge in [0.25, 0.3) is 18.2 Å². The Morgan fingerprint density at radius 1 is 1.33 bits per heavy atom. The molecule has 2 fully saturated rings. The van der Waals surface area contributed by atoms with Crippen LogP contribution in [0, 0.1) is 5.82 Å². The van der Waals surface area contributed by atoms with Gasteiger partial charge in [0.15, 0.2) is 6.04 Å². The smallest absolute Gasteiger partial charge is 0.253 e. The molecule has 0 spiro atoms. The van der Waals surface area contributed by atoms with Gasteiger partial charge in [-0.1, -0.05) is 6.42 Å². The second-order valence-electron chi connectivity index (χ2n) is 7.23. The van der Waals surface area contributed by atoms with Gasteiger partial charge in [0, 0.05) is 18.3 Å². The minimum atomic E-state index is -2.76. The molecular formula is C19H23F3N4O4. The van der Waals surface area contributed by atoms with Crippen molar-refractivity contribution in [2.75, 3.05) is 36.5 Å². The molecule has 1 aromatic rings. The number of hydrogen-bond acceptors (Lipinski definition) is 5. The topological polar surface area (TPSA) is 105 Å². The van der Waals surface area contributed by atoms with E-state index in [0.29, 0.717) is 25.1 Å². The molecule has 0 unspecified atom stereocenters. The first-order valence-electron chi connectivity index (χ1n) is 9.59. The van der Waals surface area contributed by atoms with Gasteiger partial charge in [-0.3, -0.25) is 19.3 Å². The summed E-state index contributed by atoms with van der Waals surface area (Å²) in [5.41, 5.74) is 5.37. The van der Waals surface area contributed by atoms with Gasteiger partial charge in [-0.2, -0.15) is 0 Å². The third-order valence-electron chi connectivity index (χ3n) is 5.25. The first kappa shape index (κ1) is 22.0. The molecule has 3 N–H and O–H groups in total. The van der Waals surface area contributed by atoms with Crippen molar-refractivity contribution in [3.05, 3.63) is 24.0 Å². The highest BCUT2D eigenvalue weighted by molar-refractivity contribution is 6.09. The average molecular weight is 428 g/mol. The van der Waals surface area contributed by atoms with Crippen LogP contribution in [0.3, 0.4) is 0 Å². The fourth-order valence-corrected chi connectivity index (χ4v) is 3.55. The monoisotopic (exact) mass is 428 g/mol. The summed E-state index contributed by atoms with van der Waals surface area (Å²) in [7, 11) is 0. The fourth-order valence-electron chi connectivity index (χ4n) is 3.55. The van der Waals surface area contributed by atoms with E-state index in [1.165, 1.54) is 17.0 Å². The van der Waals surface area contributed by atoms with Crippen molar-refractivity contribution < 1.29 is 32.3 Å². The summed E-state index contributed by atoms with van der Waals surface area (Å²) in [6.07, 6.45) is -0.823. The highest BCUT2D eigenvalue weighted by Gasteiger charge is 2.39. The van der Waals surface area contributed by atoms with Crippen LogP contribution in [0.5, 0.6) is 0 Å². The Bertz CT molecular complexity index is 819. The van der Waals surface area contributed by atoms with Gasteiger partial charge >= 0.3 is 0 Å². The normalized spacial score (nSPS) is 18.4. The Morgan fingerprint density at radius 3 is 2.60 bits per heavy atom. The van der Waals surface area contributed by atoms with Gasteiger partial charge < -0.3 is 20.7 Å². The molecule has 164 valence electrons. The molecule has 0 radical (unpaired) electrons. The Hall–Kier alpha value is -2.66. The zero-order valence-corrected chi connectivity index (χ0v) is 16.2. The van der Waals surface area contributed by atoms with Crippen molar-refractivity contribution in [3.8, 4) is 0 Å². The molecule has 1 aliphatic heterocycles. The largest absolute Gasteiger partial charge is 0.370 e. The number of benzene rings is 1. The number of morpholine rings is 1. The van der Waals surface area contributed by atoms with Crippen molar-refractivity contribution >= 4 is 29.1 Å². The number of alkyl halides is 2. The maximum atomic E-state index is 14.6. The van der Waals surface area contributed by atoms with E-state index in [1.807, 2.05) is 0 Å². The lowest BCUT2D eigenvalue weighted by Gasteiger charge is -2.40. The molecule has 3 rings (SSSR count). The van der Waals surface area contributed by atoms with Crippen LogP contribution in [0.25, 0.3) is 0 Å². The number of ether oxygens (including phenoxy) is 1. The molecule has 0 aromatic heterocycles. The Kier molecular flexibility index (Phi) is 6.93. The van der Waals surface area contributed by atoms with Crippen molar-refractivity contribution in [2.24, 2.45) is 5.73 Å². The summed E-state index contributed by atoms with van der Waals surface area (Å²) in [5, 5.41) is 2.26. The van der Waals surface area contributed by atoms with Crippen molar-refractivity contribution in [2.45, 2.75) is 37.8 Å². The number of halogens is 3. The van der Waals surface area contributed by atoms with Crippen molar-refractivity contribution in [1.82, 2.24) is 4.90 Å². The predicted molar refractivity (Wildman–Crippen MR) is 102 cm³/mol. The van der Waals surface area contributed by atoms with Gasteiger partial charge in [-0.15, -0.1) is 0 Å². The number of nitrogens with zero attached hydrogens (tertiary/aromatic N) is 2. The van der Waals surface area contributed by atoms with E-state index in [0.717, 1.165) is 17.4 Å². The third kappa shape index (κ3) is 4.90. The van der Waals surface area contributed by atoms with Crippen LogP contribution in [0.4, 0.5) is 24.5 Å². The minimum absolute atomic E-state index is 0.110. The molecule has 1 aromatic carbocycles. The average Bonchev–Trinajstić information content (AvgIpc) is 2.61. The number of anilines is 2. The lowest BCUT2D eigenvalue weighted by molar-refractivity contribution is -0.136. The van der Waals surface area contributed by atoms with E-state index in [2.05, 4.69) is 5.32 Å². The molecular weight excluding hydrogens is 405 g/mol. The SMILES string of the molecule is NC(=O)[C@H](C(=O)Nc1ccc(N2CCOCC2=O)cc1F)N(CC(F)F)C1CCC1. The Balaban J connectivity index is 1.76. The lowest BCUT2D eigenvalue weighted by atomic mass is 9.90.